The minimum atomic E-state index is -0.152. The lowest BCUT2D eigenvalue weighted by Crippen LogP contribution is -2.14. The number of rotatable bonds is 5. The Morgan fingerprint density at radius 2 is 0.919 bits per heavy atom. The molecule has 0 amide bonds. The van der Waals surface area contributed by atoms with Crippen LogP contribution in [-0.2, 0) is 5.41 Å². The van der Waals surface area contributed by atoms with Gasteiger partial charge in [0.25, 0.3) is 0 Å². The Morgan fingerprint density at radius 3 is 1.66 bits per heavy atom. The molecule has 0 N–H and O–H groups in total. The largest absolute Gasteiger partial charge is 0.275 e. The lowest BCUT2D eigenvalue weighted by atomic mass is 9.79. The molecule has 0 spiro atoms. The second kappa shape index (κ2) is 13.1. The van der Waals surface area contributed by atoms with Crippen molar-refractivity contribution in [2.24, 2.45) is 0 Å². The summed E-state index contributed by atoms with van der Waals surface area (Å²) in [5.74, 6) is 1.62. The molecule has 0 saturated carbocycles. The fraction of sp³-hybridized carbons (Fsp3) is 0.0508. The SMILES string of the molecule is CC1(C)c2ccccc2-c2cc3c(-c4ccc(-c5nnc(-c6ccccc6)n5-c5ccccc5)cc4)c4ccccc4c(-c4ccc5ccc6cccc7ccc4c5c67)c3cc21. The number of para-hydroxylation sites is 1. The number of hydrogen-bond acceptors (Lipinski definition) is 2. The van der Waals surface area contributed by atoms with E-state index in [2.05, 4.69) is 194 Å². The van der Waals surface area contributed by atoms with Crippen LogP contribution >= 0.6 is 0 Å². The third-order valence-corrected chi connectivity index (χ3v) is 13.7. The number of benzene rings is 11. The van der Waals surface area contributed by atoms with Crippen LogP contribution in [0.1, 0.15) is 25.0 Å². The highest BCUT2D eigenvalue weighted by Gasteiger charge is 2.36. The van der Waals surface area contributed by atoms with Gasteiger partial charge in [-0.05, 0) is 123 Å². The van der Waals surface area contributed by atoms with Crippen molar-refractivity contribution in [3.8, 4) is 61.8 Å². The van der Waals surface area contributed by atoms with E-state index in [1.54, 1.807) is 0 Å². The molecular weight excluding hydrogens is 751 g/mol. The van der Waals surface area contributed by atoms with E-state index in [1.165, 1.54) is 92.8 Å². The second-order valence-electron chi connectivity index (χ2n) is 17.3. The Balaban J connectivity index is 1.09. The zero-order chi connectivity index (χ0) is 41.1. The molecule has 290 valence electrons. The minimum absolute atomic E-state index is 0.152. The maximum absolute atomic E-state index is 4.83. The summed E-state index contributed by atoms with van der Waals surface area (Å²) in [6, 6.07) is 73.4. The van der Waals surface area contributed by atoms with Gasteiger partial charge in [0.05, 0.1) is 0 Å². The second-order valence-corrected chi connectivity index (χ2v) is 17.3. The van der Waals surface area contributed by atoms with Gasteiger partial charge in [-0.25, -0.2) is 0 Å². The van der Waals surface area contributed by atoms with E-state index >= 15 is 0 Å². The first kappa shape index (κ1) is 34.9. The Hall–Kier alpha value is -7.88. The molecule has 1 aliphatic carbocycles. The molecule has 62 heavy (non-hydrogen) atoms. The quantitative estimate of drug-likeness (QED) is 0.128. The molecule has 1 aliphatic rings. The van der Waals surface area contributed by atoms with E-state index in [0.717, 1.165) is 34.0 Å². The molecule has 3 nitrogen and oxygen atoms in total. The van der Waals surface area contributed by atoms with Crippen LogP contribution in [-0.4, -0.2) is 14.8 Å². The summed E-state index contributed by atoms with van der Waals surface area (Å²) >= 11 is 0. The van der Waals surface area contributed by atoms with Crippen LogP contribution < -0.4 is 0 Å². The van der Waals surface area contributed by atoms with Gasteiger partial charge in [-0.15, -0.1) is 10.2 Å². The van der Waals surface area contributed by atoms with E-state index in [1.807, 2.05) is 24.3 Å². The van der Waals surface area contributed by atoms with Crippen molar-refractivity contribution in [1.29, 1.82) is 0 Å². The molecule has 1 heterocycles. The van der Waals surface area contributed by atoms with Crippen molar-refractivity contribution < 1.29 is 0 Å². The van der Waals surface area contributed by atoms with Gasteiger partial charge in [-0.3, -0.25) is 4.57 Å². The van der Waals surface area contributed by atoms with Crippen LogP contribution in [0.15, 0.2) is 200 Å². The first-order chi connectivity index (χ1) is 30.5. The topological polar surface area (TPSA) is 30.7 Å². The maximum atomic E-state index is 4.83. The van der Waals surface area contributed by atoms with E-state index in [0.29, 0.717) is 0 Å². The van der Waals surface area contributed by atoms with Crippen LogP contribution in [0.5, 0.6) is 0 Å². The Bertz CT molecular complexity index is 3730. The number of fused-ring (bicyclic) bond motifs is 5. The molecule has 0 saturated heterocycles. The van der Waals surface area contributed by atoms with Gasteiger partial charge in [-0.1, -0.05) is 190 Å². The zero-order valence-corrected chi connectivity index (χ0v) is 34.4. The molecule has 0 radical (unpaired) electrons. The maximum Gasteiger partial charge on any atom is 0.168 e. The molecule has 13 rings (SSSR count). The monoisotopic (exact) mass is 789 g/mol. The third kappa shape index (κ3) is 4.94. The average molecular weight is 790 g/mol. The number of hydrogen-bond donors (Lipinski definition) is 0. The van der Waals surface area contributed by atoms with Crippen LogP contribution in [0, 0.1) is 0 Å². The van der Waals surface area contributed by atoms with Gasteiger partial charge >= 0.3 is 0 Å². The highest BCUT2D eigenvalue weighted by atomic mass is 15.3. The van der Waals surface area contributed by atoms with E-state index in [9.17, 15) is 0 Å². The third-order valence-electron chi connectivity index (χ3n) is 13.7. The summed E-state index contributed by atoms with van der Waals surface area (Å²) < 4.78 is 2.17. The predicted octanol–water partition coefficient (Wildman–Crippen LogP) is 15.4. The van der Waals surface area contributed by atoms with E-state index in [-0.39, 0.29) is 5.41 Å². The van der Waals surface area contributed by atoms with Crippen LogP contribution in [0.3, 0.4) is 0 Å². The van der Waals surface area contributed by atoms with Gasteiger partial charge in [-0.2, -0.15) is 0 Å². The summed E-state index contributed by atoms with van der Waals surface area (Å²) in [4.78, 5) is 0. The fourth-order valence-corrected chi connectivity index (χ4v) is 10.8. The van der Waals surface area contributed by atoms with Crippen LogP contribution in [0.2, 0.25) is 0 Å². The molecule has 11 aromatic carbocycles. The van der Waals surface area contributed by atoms with Crippen molar-refractivity contribution >= 4 is 53.9 Å². The standard InChI is InChI=1S/C59H39N3/c1-59(2)51-23-12-11-20-43(51)48-34-49-50(35-52(48)59)56(47-33-31-39-25-24-36-16-13-17-37-30-32-46(47)55(39)53(36)37)45-22-10-9-21-44(45)54(49)38-26-28-41(29-27-38)58-61-60-57(40-14-5-3-6-15-40)62(58)42-18-7-4-8-19-42/h3-35H,1-2H3. The molecule has 12 aromatic rings. The predicted molar refractivity (Wildman–Crippen MR) is 259 cm³/mol. The van der Waals surface area contributed by atoms with Crippen molar-refractivity contribution in [2.45, 2.75) is 19.3 Å². The van der Waals surface area contributed by atoms with Crippen LogP contribution in [0.4, 0.5) is 0 Å². The van der Waals surface area contributed by atoms with Crippen molar-refractivity contribution in [3.63, 3.8) is 0 Å². The minimum Gasteiger partial charge on any atom is -0.275 e. The number of nitrogens with zero attached hydrogens (tertiary/aromatic N) is 3. The smallest absolute Gasteiger partial charge is 0.168 e. The summed E-state index contributed by atoms with van der Waals surface area (Å²) in [5.41, 5.74) is 13.2. The molecular formula is C59H39N3. The van der Waals surface area contributed by atoms with Crippen LogP contribution in [0.25, 0.3) is 116 Å². The molecule has 1 aromatic heterocycles. The van der Waals surface area contributed by atoms with Gasteiger partial charge in [0.15, 0.2) is 11.6 Å². The van der Waals surface area contributed by atoms with Gasteiger partial charge in [0.1, 0.15) is 0 Å². The molecule has 0 unspecified atom stereocenters. The first-order valence-corrected chi connectivity index (χ1v) is 21.5. The molecule has 0 aliphatic heterocycles. The normalized spacial score (nSPS) is 13.1. The van der Waals surface area contributed by atoms with Crippen molar-refractivity contribution in [1.82, 2.24) is 14.8 Å². The molecule has 0 fully saturated rings. The van der Waals surface area contributed by atoms with Gasteiger partial charge < -0.3 is 0 Å². The van der Waals surface area contributed by atoms with Gasteiger partial charge in [0.2, 0.25) is 0 Å². The lowest BCUT2D eigenvalue weighted by Gasteiger charge is -2.24. The van der Waals surface area contributed by atoms with Gasteiger partial charge in [0, 0.05) is 22.2 Å². The molecule has 0 atom stereocenters. The highest BCUT2D eigenvalue weighted by molar-refractivity contribution is 6.29. The Labute approximate surface area is 359 Å². The van der Waals surface area contributed by atoms with Crippen molar-refractivity contribution in [2.75, 3.05) is 0 Å². The summed E-state index contributed by atoms with van der Waals surface area (Å²) in [5, 5.41) is 22.4. The Morgan fingerprint density at radius 1 is 0.355 bits per heavy atom. The summed E-state index contributed by atoms with van der Waals surface area (Å²) in [6.45, 7) is 4.77. The number of aromatic nitrogens is 3. The average Bonchev–Trinajstić information content (AvgIpc) is 3.87. The van der Waals surface area contributed by atoms with E-state index in [4.69, 9.17) is 10.2 Å². The summed E-state index contributed by atoms with van der Waals surface area (Å²) in [6.07, 6.45) is 0. The fourth-order valence-electron chi connectivity index (χ4n) is 10.8. The lowest BCUT2D eigenvalue weighted by molar-refractivity contribution is 0.661. The molecule has 3 heteroatoms. The van der Waals surface area contributed by atoms with E-state index < -0.39 is 0 Å². The van der Waals surface area contributed by atoms with Crippen molar-refractivity contribution in [3.05, 3.63) is 211 Å². The zero-order valence-electron chi connectivity index (χ0n) is 34.4. The Kier molecular flexibility index (Phi) is 7.36. The first-order valence-electron chi connectivity index (χ1n) is 21.5. The highest BCUT2D eigenvalue weighted by Crippen LogP contribution is 2.54. The molecule has 0 bridgehead atoms. The summed E-state index contributed by atoms with van der Waals surface area (Å²) in [7, 11) is 0.